The Hall–Kier alpha value is -1.84. The Morgan fingerprint density at radius 2 is 2.00 bits per heavy atom. The predicted octanol–water partition coefficient (Wildman–Crippen LogP) is 2.48. The van der Waals surface area contributed by atoms with Crippen molar-refractivity contribution in [1.82, 2.24) is 14.8 Å². The van der Waals surface area contributed by atoms with Crippen LogP contribution in [0.4, 0.5) is 5.69 Å². The van der Waals surface area contributed by atoms with E-state index in [-0.39, 0.29) is 0 Å². The summed E-state index contributed by atoms with van der Waals surface area (Å²) in [4.78, 5) is 0. The van der Waals surface area contributed by atoms with Gasteiger partial charge in [0.05, 0.1) is 0 Å². The second-order valence-corrected chi connectivity index (χ2v) is 5.06. The van der Waals surface area contributed by atoms with Crippen LogP contribution in [0, 0.1) is 13.8 Å². The summed E-state index contributed by atoms with van der Waals surface area (Å²) in [5.41, 5.74) is 10.3. The molecule has 0 saturated carbocycles. The van der Waals surface area contributed by atoms with E-state index in [4.69, 9.17) is 5.73 Å². The Balaban J connectivity index is 2.18. The minimum Gasteiger partial charge on any atom is -0.399 e. The largest absolute Gasteiger partial charge is 0.399 e. The second-order valence-electron chi connectivity index (χ2n) is 5.06. The van der Waals surface area contributed by atoms with Gasteiger partial charge < -0.3 is 10.3 Å². The molecule has 1 aliphatic heterocycles. The summed E-state index contributed by atoms with van der Waals surface area (Å²) in [7, 11) is 0. The van der Waals surface area contributed by atoms with Crippen LogP contribution in [0.15, 0.2) is 12.1 Å². The molecule has 0 radical (unpaired) electrons. The number of anilines is 1. The molecule has 1 aromatic carbocycles. The van der Waals surface area contributed by atoms with Gasteiger partial charge in [-0.15, -0.1) is 10.2 Å². The van der Waals surface area contributed by atoms with Crippen LogP contribution in [-0.4, -0.2) is 14.8 Å². The first-order valence-electron chi connectivity index (χ1n) is 6.46. The lowest BCUT2D eigenvalue weighted by molar-refractivity contribution is 0.526. The van der Waals surface area contributed by atoms with E-state index in [2.05, 4.69) is 28.6 Å². The van der Waals surface area contributed by atoms with E-state index in [1.165, 1.54) is 24.0 Å². The summed E-state index contributed by atoms with van der Waals surface area (Å²) in [6.07, 6.45) is 3.46. The van der Waals surface area contributed by atoms with Gasteiger partial charge in [0.25, 0.3) is 0 Å². The van der Waals surface area contributed by atoms with E-state index in [9.17, 15) is 0 Å². The molecule has 2 heterocycles. The first-order valence-corrected chi connectivity index (χ1v) is 6.46. The van der Waals surface area contributed by atoms with Gasteiger partial charge in [0, 0.05) is 24.2 Å². The highest BCUT2D eigenvalue weighted by molar-refractivity contribution is 5.67. The summed E-state index contributed by atoms with van der Waals surface area (Å²) in [6.45, 7) is 5.22. The van der Waals surface area contributed by atoms with E-state index in [0.29, 0.717) is 0 Å². The van der Waals surface area contributed by atoms with Gasteiger partial charge in [0.15, 0.2) is 5.82 Å². The maximum Gasteiger partial charge on any atom is 0.164 e. The van der Waals surface area contributed by atoms with E-state index < -0.39 is 0 Å². The lowest BCUT2D eigenvalue weighted by atomic mass is 10.0. The fourth-order valence-corrected chi connectivity index (χ4v) is 2.63. The summed E-state index contributed by atoms with van der Waals surface area (Å²) in [5.74, 6) is 2.08. The predicted molar refractivity (Wildman–Crippen MR) is 72.3 cm³/mol. The van der Waals surface area contributed by atoms with Crippen molar-refractivity contribution in [3.63, 3.8) is 0 Å². The lowest BCUT2D eigenvalue weighted by Crippen LogP contribution is -2.12. The average molecular weight is 242 g/mol. The molecule has 0 fully saturated rings. The fourth-order valence-electron chi connectivity index (χ4n) is 2.63. The molecule has 18 heavy (non-hydrogen) atoms. The van der Waals surface area contributed by atoms with E-state index in [0.717, 1.165) is 35.9 Å². The first-order chi connectivity index (χ1) is 8.66. The number of hydrogen-bond donors (Lipinski definition) is 1. The molecule has 0 bridgehead atoms. The number of aromatic nitrogens is 3. The molecule has 4 heteroatoms. The zero-order valence-corrected chi connectivity index (χ0v) is 10.9. The zero-order chi connectivity index (χ0) is 12.7. The Bertz CT molecular complexity index is 598. The maximum absolute atomic E-state index is 5.95. The number of nitrogens with zero attached hydrogens (tertiary/aromatic N) is 3. The minimum atomic E-state index is 0.793. The number of aryl methyl sites for hydroxylation is 2. The van der Waals surface area contributed by atoms with Crippen LogP contribution in [0.5, 0.6) is 0 Å². The van der Waals surface area contributed by atoms with Crippen LogP contribution >= 0.6 is 0 Å². The number of nitrogens with two attached hydrogens (primary N) is 1. The molecule has 94 valence electrons. The van der Waals surface area contributed by atoms with E-state index in [1.807, 2.05) is 12.1 Å². The molecule has 1 aromatic heterocycles. The highest BCUT2D eigenvalue weighted by Gasteiger charge is 2.18. The number of benzene rings is 1. The van der Waals surface area contributed by atoms with Crippen molar-refractivity contribution in [3.8, 4) is 11.4 Å². The Morgan fingerprint density at radius 3 is 2.83 bits per heavy atom. The van der Waals surface area contributed by atoms with Gasteiger partial charge in [-0.25, -0.2) is 0 Å². The monoisotopic (exact) mass is 242 g/mol. The summed E-state index contributed by atoms with van der Waals surface area (Å²) in [6, 6.07) is 4.01. The van der Waals surface area contributed by atoms with Crippen molar-refractivity contribution in [3.05, 3.63) is 29.1 Å². The van der Waals surface area contributed by atoms with Crippen molar-refractivity contribution in [2.24, 2.45) is 0 Å². The minimum absolute atomic E-state index is 0.793. The highest BCUT2D eigenvalue weighted by atomic mass is 15.3. The molecule has 4 nitrogen and oxygen atoms in total. The van der Waals surface area contributed by atoms with Crippen LogP contribution in [0.2, 0.25) is 0 Å². The van der Waals surface area contributed by atoms with Gasteiger partial charge in [-0.1, -0.05) is 0 Å². The van der Waals surface area contributed by atoms with Gasteiger partial charge >= 0.3 is 0 Å². The molecule has 0 aliphatic carbocycles. The van der Waals surface area contributed by atoms with Crippen LogP contribution < -0.4 is 5.73 Å². The summed E-state index contributed by atoms with van der Waals surface area (Å²) < 4.78 is 2.24. The van der Waals surface area contributed by atoms with Gasteiger partial charge in [-0.05, 0) is 49.9 Å². The Morgan fingerprint density at radius 1 is 1.17 bits per heavy atom. The van der Waals surface area contributed by atoms with Crippen LogP contribution in [0.3, 0.4) is 0 Å². The quantitative estimate of drug-likeness (QED) is 0.782. The van der Waals surface area contributed by atoms with Crippen LogP contribution in [0.1, 0.15) is 29.8 Å². The number of fused-ring (bicyclic) bond motifs is 1. The van der Waals surface area contributed by atoms with Crippen molar-refractivity contribution in [2.75, 3.05) is 5.73 Å². The SMILES string of the molecule is Cc1cc(N)cc(-c2nnc3n2CCCC3)c1C. The smallest absolute Gasteiger partial charge is 0.164 e. The van der Waals surface area contributed by atoms with Gasteiger partial charge in [-0.3, -0.25) is 0 Å². The van der Waals surface area contributed by atoms with Crippen LogP contribution in [-0.2, 0) is 13.0 Å². The standard InChI is InChI=1S/C14H18N4/c1-9-7-11(15)8-12(10(9)2)14-17-16-13-5-3-4-6-18(13)14/h7-8H,3-6,15H2,1-2H3. The molecule has 1 aliphatic rings. The van der Waals surface area contributed by atoms with Gasteiger partial charge in [0.2, 0.25) is 0 Å². The molecule has 2 aromatic rings. The van der Waals surface area contributed by atoms with E-state index >= 15 is 0 Å². The highest BCUT2D eigenvalue weighted by Crippen LogP contribution is 2.29. The second kappa shape index (κ2) is 4.12. The molecule has 2 N–H and O–H groups in total. The first kappa shape index (κ1) is 11.3. The average Bonchev–Trinajstić information content (AvgIpc) is 2.77. The molecule has 0 amide bonds. The third-order valence-corrected chi connectivity index (χ3v) is 3.79. The molecule has 0 spiro atoms. The maximum atomic E-state index is 5.95. The molecular weight excluding hydrogens is 224 g/mol. The third-order valence-electron chi connectivity index (χ3n) is 3.79. The van der Waals surface area contributed by atoms with Crippen molar-refractivity contribution in [1.29, 1.82) is 0 Å². The number of rotatable bonds is 1. The van der Waals surface area contributed by atoms with Crippen molar-refractivity contribution >= 4 is 5.69 Å². The molecule has 0 unspecified atom stereocenters. The molecule has 0 atom stereocenters. The normalized spacial score (nSPS) is 14.6. The zero-order valence-electron chi connectivity index (χ0n) is 10.9. The number of hydrogen-bond acceptors (Lipinski definition) is 3. The Labute approximate surface area is 107 Å². The Kier molecular flexibility index (Phi) is 2.58. The third kappa shape index (κ3) is 1.68. The fraction of sp³-hybridized carbons (Fsp3) is 0.429. The van der Waals surface area contributed by atoms with E-state index in [1.54, 1.807) is 0 Å². The molecule has 3 rings (SSSR count). The van der Waals surface area contributed by atoms with Crippen LogP contribution in [0.25, 0.3) is 11.4 Å². The van der Waals surface area contributed by atoms with Gasteiger partial charge in [-0.2, -0.15) is 0 Å². The van der Waals surface area contributed by atoms with Crippen molar-refractivity contribution < 1.29 is 0 Å². The summed E-state index contributed by atoms with van der Waals surface area (Å²) >= 11 is 0. The van der Waals surface area contributed by atoms with Gasteiger partial charge in [0.1, 0.15) is 5.82 Å². The molecular formula is C14H18N4. The number of nitrogen functional groups attached to an aromatic ring is 1. The topological polar surface area (TPSA) is 56.7 Å². The molecule has 0 saturated heterocycles. The lowest BCUT2D eigenvalue weighted by Gasteiger charge is -2.16. The summed E-state index contributed by atoms with van der Waals surface area (Å²) in [5, 5.41) is 8.67. The van der Waals surface area contributed by atoms with Crippen molar-refractivity contribution in [2.45, 2.75) is 39.7 Å².